The van der Waals surface area contributed by atoms with Crippen LogP contribution in [-0.4, -0.2) is 74.1 Å². The summed E-state index contributed by atoms with van der Waals surface area (Å²) in [5.74, 6) is 0.801. The number of nitrogens with zero attached hydrogens (tertiary/aromatic N) is 3. The summed E-state index contributed by atoms with van der Waals surface area (Å²) in [6.45, 7) is 4.33. The van der Waals surface area contributed by atoms with Crippen molar-refractivity contribution in [1.82, 2.24) is 15.1 Å². The second kappa shape index (κ2) is 9.59. The summed E-state index contributed by atoms with van der Waals surface area (Å²) in [6.07, 6.45) is 3.68. The average Bonchev–Trinajstić information content (AvgIpc) is 3.31. The number of rotatable bonds is 4. The van der Waals surface area contributed by atoms with E-state index in [1.807, 2.05) is 11.0 Å². The molecule has 2 aliphatic heterocycles. The number of carbonyl (C=O) groups excluding carboxylic acids is 1. The number of hydrogen-bond donors (Lipinski definition) is 1. The third kappa shape index (κ3) is 5.02. The maximum absolute atomic E-state index is 13.6. The molecule has 0 aromatic heterocycles. The van der Waals surface area contributed by atoms with E-state index in [1.54, 1.807) is 19.2 Å². The normalized spacial score (nSPS) is 23.5. The Bertz CT molecular complexity index is 742. The zero-order valence-corrected chi connectivity index (χ0v) is 19.2. The summed E-state index contributed by atoms with van der Waals surface area (Å²) in [7, 11) is 1.79. The van der Waals surface area contributed by atoms with Crippen molar-refractivity contribution in [2.75, 3.05) is 46.4 Å². The lowest BCUT2D eigenvalue weighted by molar-refractivity contribution is -0.142. The Labute approximate surface area is 188 Å². The minimum Gasteiger partial charge on any atom is -0.368 e. The molecule has 1 atom stereocenters. The minimum atomic E-state index is -0.245. The van der Waals surface area contributed by atoms with Crippen molar-refractivity contribution in [2.45, 2.75) is 37.2 Å². The maximum atomic E-state index is 13.6. The minimum absolute atomic E-state index is 0. The molecule has 0 radical (unpaired) electrons. The van der Waals surface area contributed by atoms with Crippen LogP contribution in [-0.2, 0) is 14.9 Å². The van der Waals surface area contributed by atoms with E-state index in [4.69, 9.17) is 4.74 Å². The van der Waals surface area contributed by atoms with Gasteiger partial charge in [-0.2, -0.15) is 0 Å². The van der Waals surface area contributed by atoms with Gasteiger partial charge in [-0.1, -0.05) is 12.1 Å². The molecule has 1 aliphatic carbocycles. The highest BCUT2D eigenvalue weighted by Gasteiger charge is 2.44. The Morgan fingerprint density at radius 2 is 2.00 bits per heavy atom. The molecule has 160 valence electrons. The van der Waals surface area contributed by atoms with E-state index in [0.29, 0.717) is 19.7 Å². The molecule has 8 heteroatoms. The first-order chi connectivity index (χ1) is 13.6. The van der Waals surface area contributed by atoms with Gasteiger partial charge < -0.3 is 19.9 Å². The molecule has 4 rings (SSSR count). The van der Waals surface area contributed by atoms with Crippen molar-refractivity contribution >= 4 is 35.8 Å². The maximum Gasteiger partial charge on any atom is 0.251 e. The number of piperazine rings is 1. The van der Waals surface area contributed by atoms with Gasteiger partial charge in [0.1, 0.15) is 11.9 Å². The number of nitrogens with one attached hydrogen (secondary N) is 1. The smallest absolute Gasteiger partial charge is 0.251 e. The highest BCUT2D eigenvalue weighted by atomic mass is 127. The molecule has 0 spiro atoms. The van der Waals surface area contributed by atoms with E-state index in [0.717, 1.165) is 56.8 Å². The van der Waals surface area contributed by atoms with E-state index in [-0.39, 0.29) is 47.2 Å². The number of amides is 1. The molecule has 2 heterocycles. The Hall–Kier alpha value is -1.42. The topological polar surface area (TPSA) is 57.2 Å². The van der Waals surface area contributed by atoms with Crippen LogP contribution in [0.1, 0.15) is 31.2 Å². The van der Waals surface area contributed by atoms with Gasteiger partial charge in [0.15, 0.2) is 5.96 Å². The third-order valence-corrected chi connectivity index (χ3v) is 6.18. The molecule has 29 heavy (non-hydrogen) atoms. The summed E-state index contributed by atoms with van der Waals surface area (Å²) >= 11 is 0. The second-order valence-corrected chi connectivity index (χ2v) is 8.01. The van der Waals surface area contributed by atoms with Crippen LogP contribution in [0.2, 0.25) is 0 Å². The van der Waals surface area contributed by atoms with Gasteiger partial charge in [-0.15, -0.1) is 24.0 Å². The molecule has 0 bridgehead atoms. The highest BCUT2D eigenvalue weighted by Crippen LogP contribution is 2.47. The number of hydrogen-bond acceptors (Lipinski definition) is 3. The fraction of sp³-hybridized carbons (Fsp3) is 0.619. The summed E-state index contributed by atoms with van der Waals surface area (Å²) in [6, 6.07) is 6.93. The number of guanidine groups is 1. The van der Waals surface area contributed by atoms with Crippen LogP contribution in [0.25, 0.3) is 0 Å². The molecule has 1 N–H and O–H groups in total. The summed E-state index contributed by atoms with van der Waals surface area (Å²) in [4.78, 5) is 21.0. The number of halogens is 2. The number of carbonyl (C=O) groups is 1. The van der Waals surface area contributed by atoms with E-state index in [1.165, 1.54) is 6.07 Å². The molecular weight excluding hydrogens is 486 g/mol. The Morgan fingerprint density at radius 1 is 1.28 bits per heavy atom. The summed E-state index contributed by atoms with van der Waals surface area (Å²) in [5, 5.41) is 3.48. The summed E-state index contributed by atoms with van der Waals surface area (Å²) < 4.78 is 19.1. The van der Waals surface area contributed by atoms with Gasteiger partial charge in [-0.3, -0.25) is 9.79 Å². The lowest BCUT2D eigenvalue weighted by Gasteiger charge is -2.37. The van der Waals surface area contributed by atoms with E-state index < -0.39 is 0 Å². The Balaban J connectivity index is 0.00000240. The van der Waals surface area contributed by atoms with Crippen LogP contribution in [0, 0.1) is 5.82 Å². The average molecular weight is 516 g/mol. The molecule has 3 fully saturated rings. The first kappa shape index (κ1) is 22.3. The molecule has 3 aliphatic rings. The van der Waals surface area contributed by atoms with Gasteiger partial charge in [0.2, 0.25) is 0 Å². The Kier molecular flexibility index (Phi) is 7.37. The van der Waals surface area contributed by atoms with Crippen LogP contribution in [0.4, 0.5) is 4.39 Å². The van der Waals surface area contributed by atoms with Crippen LogP contribution in [0.15, 0.2) is 29.3 Å². The van der Waals surface area contributed by atoms with Gasteiger partial charge in [0.25, 0.3) is 5.91 Å². The van der Waals surface area contributed by atoms with Crippen molar-refractivity contribution in [3.63, 3.8) is 0 Å². The summed E-state index contributed by atoms with van der Waals surface area (Å²) in [5.41, 5.74) is 1.07. The van der Waals surface area contributed by atoms with Crippen LogP contribution < -0.4 is 5.32 Å². The van der Waals surface area contributed by atoms with Crippen LogP contribution in [0.5, 0.6) is 0 Å². The molecule has 2 saturated heterocycles. The number of benzene rings is 1. The molecular formula is C21H30FIN4O2. The lowest BCUT2D eigenvalue weighted by atomic mass is 9.96. The lowest BCUT2D eigenvalue weighted by Crippen LogP contribution is -2.55. The van der Waals surface area contributed by atoms with Crippen LogP contribution in [0.3, 0.4) is 0 Å². The molecule has 6 nitrogen and oxygen atoms in total. The molecule has 1 saturated carbocycles. The molecule has 1 amide bonds. The second-order valence-electron chi connectivity index (χ2n) is 8.01. The van der Waals surface area contributed by atoms with Crippen LogP contribution >= 0.6 is 24.0 Å². The van der Waals surface area contributed by atoms with E-state index in [2.05, 4.69) is 15.2 Å². The molecule has 1 unspecified atom stereocenters. The predicted octanol–water partition coefficient (Wildman–Crippen LogP) is 2.37. The van der Waals surface area contributed by atoms with Gasteiger partial charge in [0, 0.05) is 51.8 Å². The van der Waals surface area contributed by atoms with Crippen molar-refractivity contribution < 1.29 is 13.9 Å². The van der Waals surface area contributed by atoms with Crippen molar-refractivity contribution in [3.8, 4) is 0 Å². The fourth-order valence-corrected chi connectivity index (χ4v) is 4.23. The molecule has 1 aromatic rings. The molecule has 1 aromatic carbocycles. The predicted molar refractivity (Wildman–Crippen MR) is 121 cm³/mol. The number of aliphatic imine (C=N–C) groups is 1. The zero-order valence-electron chi connectivity index (χ0n) is 16.9. The van der Waals surface area contributed by atoms with Crippen molar-refractivity contribution in [1.29, 1.82) is 0 Å². The van der Waals surface area contributed by atoms with Crippen molar-refractivity contribution in [2.24, 2.45) is 4.99 Å². The standard InChI is InChI=1S/C21H29FN4O2.HI/c1-23-20(24-15-21(7-8-21)16-4-2-5-17(22)14-16)26-11-9-25(10-12-26)19(27)18-6-3-13-28-18;/h2,4-5,14,18H,3,6-13,15H2,1H3,(H,23,24);1H. The van der Waals surface area contributed by atoms with Crippen molar-refractivity contribution in [3.05, 3.63) is 35.6 Å². The van der Waals surface area contributed by atoms with Gasteiger partial charge in [0.05, 0.1) is 0 Å². The van der Waals surface area contributed by atoms with Gasteiger partial charge >= 0.3 is 0 Å². The first-order valence-electron chi connectivity index (χ1n) is 10.2. The number of ether oxygens (including phenoxy) is 1. The quantitative estimate of drug-likeness (QED) is 0.380. The van der Waals surface area contributed by atoms with Gasteiger partial charge in [-0.05, 0) is 43.4 Å². The van der Waals surface area contributed by atoms with Gasteiger partial charge in [-0.25, -0.2) is 4.39 Å². The third-order valence-electron chi connectivity index (χ3n) is 6.18. The Morgan fingerprint density at radius 3 is 2.59 bits per heavy atom. The largest absolute Gasteiger partial charge is 0.368 e. The van der Waals surface area contributed by atoms with E-state index in [9.17, 15) is 9.18 Å². The monoisotopic (exact) mass is 516 g/mol. The highest BCUT2D eigenvalue weighted by molar-refractivity contribution is 14.0. The SMILES string of the molecule is CN=C(NCC1(c2cccc(F)c2)CC1)N1CCN(C(=O)C2CCCO2)CC1.I. The first-order valence-corrected chi connectivity index (χ1v) is 10.2. The fourth-order valence-electron chi connectivity index (χ4n) is 4.23. The van der Waals surface area contributed by atoms with E-state index >= 15 is 0 Å². The zero-order chi connectivity index (χ0) is 19.6.